The summed E-state index contributed by atoms with van der Waals surface area (Å²) >= 11 is 0. The fraction of sp³-hybridized carbons (Fsp3) is 1.00. The molecule has 0 aliphatic rings. The Morgan fingerprint density at radius 2 is 2.33 bits per heavy atom. The van der Waals surface area contributed by atoms with Crippen molar-refractivity contribution >= 4 is 8.38 Å². The molecule has 0 fully saturated rings. The van der Waals surface area contributed by atoms with Crippen LogP contribution in [0.3, 0.4) is 0 Å². The molecule has 38 valence electrons. The summed E-state index contributed by atoms with van der Waals surface area (Å²) in [4.78, 5) is 8.33. The standard InChI is InChI=1S/C2H8NO2P/c1-3-5-6(2)4/h3-4H,1-2H3. The molecule has 0 saturated heterocycles. The maximum Gasteiger partial charge on any atom is 0.186 e. The summed E-state index contributed by atoms with van der Waals surface area (Å²) in [6, 6.07) is 0. The Balaban J connectivity index is 2.63. The summed E-state index contributed by atoms with van der Waals surface area (Å²) in [6.45, 7) is 1.59. The molecule has 0 aromatic rings. The van der Waals surface area contributed by atoms with Crippen LogP contribution < -0.4 is 5.48 Å². The lowest BCUT2D eigenvalue weighted by Gasteiger charge is -1.98. The van der Waals surface area contributed by atoms with Gasteiger partial charge in [0.05, 0.1) is 0 Å². The second kappa shape index (κ2) is 3.50. The topological polar surface area (TPSA) is 41.5 Å². The molecule has 2 N–H and O–H groups in total. The van der Waals surface area contributed by atoms with E-state index >= 15 is 0 Å². The molecule has 0 amide bonds. The highest BCUT2D eigenvalue weighted by atomic mass is 31.2. The first-order chi connectivity index (χ1) is 2.77. The maximum atomic E-state index is 8.33. The lowest BCUT2D eigenvalue weighted by Crippen LogP contribution is -2.00. The van der Waals surface area contributed by atoms with Gasteiger partial charge in [0, 0.05) is 13.7 Å². The highest BCUT2D eigenvalue weighted by molar-refractivity contribution is 7.45. The van der Waals surface area contributed by atoms with Gasteiger partial charge in [-0.3, -0.25) is 4.62 Å². The second-order valence-electron chi connectivity index (χ2n) is 0.760. The van der Waals surface area contributed by atoms with E-state index in [-0.39, 0.29) is 0 Å². The third-order valence-electron chi connectivity index (χ3n) is 0.223. The van der Waals surface area contributed by atoms with Crippen molar-refractivity contribution in [3.63, 3.8) is 0 Å². The molecule has 0 aliphatic heterocycles. The summed E-state index contributed by atoms with van der Waals surface area (Å²) in [5.74, 6) is 0. The van der Waals surface area contributed by atoms with E-state index in [1.807, 2.05) is 0 Å². The highest BCUT2D eigenvalue weighted by Crippen LogP contribution is 2.21. The van der Waals surface area contributed by atoms with Gasteiger partial charge in [0.25, 0.3) is 0 Å². The summed E-state index contributed by atoms with van der Waals surface area (Å²) in [5, 5.41) is 0. The number of hydrogen-bond donors (Lipinski definition) is 2. The molecule has 0 aromatic heterocycles. The third kappa shape index (κ3) is 4.31. The van der Waals surface area contributed by atoms with Gasteiger partial charge in [-0.25, -0.2) is 0 Å². The highest BCUT2D eigenvalue weighted by Gasteiger charge is 1.87. The van der Waals surface area contributed by atoms with Gasteiger partial charge in [0.1, 0.15) is 0 Å². The van der Waals surface area contributed by atoms with Gasteiger partial charge in [-0.15, -0.1) is 0 Å². The molecule has 0 rings (SSSR count). The molecule has 4 heteroatoms. The molecule has 0 bridgehead atoms. The zero-order chi connectivity index (χ0) is 4.99. The van der Waals surface area contributed by atoms with Crippen molar-refractivity contribution < 1.29 is 9.52 Å². The van der Waals surface area contributed by atoms with Gasteiger partial charge in [-0.1, -0.05) is 0 Å². The first-order valence-corrected chi connectivity index (χ1v) is 3.19. The number of hydroxylamine groups is 1. The Kier molecular flexibility index (Phi) is 3.68. The normalized spacial score (nSPS) is 14.5. The largest absolute Gasteiger partial charge is 0.349 e. The van der Waals surface area contributed by atoms with Crippen LogP contribution in [0, 0.1) is 0 Å². The van der Waals surface area contributed by atoms with E-state index in [1.54, 1.807) is 13.7 Å². The molecule has 6 heavy (non-hydrogen) atoms. The van der Waals surface area contributed by atoms with Crippen LogP contribution in [0.4, 0.5) is 0 Å². The van der Waals surface area contributed by atoms with Gasteiger partial charge in [0.2, 0.25) is 0 Å². The SMILES string of the molecule is CNOP(C)O. The zero-order valence-corrected chi connectivity index (χ0v) is 4.70. The Morgan fingerprint density at radius 3 is 2.33 bits per heavy atom. The smallest absolute Gasteiger partial charge is 0.186 e. The Labute approximate surface area is 38.2 Å². The minimum absolute atomic E-state index is 1.21. The van der Waals surface area contributed by atoms with Crippen LogP contribution in [0.25, 0.3) is 0 Å². The molecule has 0 spiro atoms. The van der Waals surface area contributed by atoms with Gasteiger partial charge >= 0.3 is 0 Å². The summed E-state index contributed by atoms with van der Waals surface area (Å²) in [6.07, 6.45) is 0. The van der Waals surface area contributed by atoms with Crippen LogP contribution in [0.1, 0.15) is 0 Å². The van der Waals surface area contributed by atoms with E-state index in [4.69, 9.17) is 4.89 Å². The summed E-state index contributed by atoms with van der Waals surface area (Å²) in [7, 11) is 0.395. The molecule has 1 atom stereocenters. The molecular weight excluding hydrogens is 101 g/mol. The third-order valence-corrected chi connectivity index (χ3v) is 0.670. The van der Waals surface area contributed by atoms with E-state index in [0.29, 0.717) is 0 Å². The van der Waals surface area contributed by atoms with Crippen molar-refractivity contribution in [2.75, 3.05) is 13.7 Å². The van der Waals surface area contributed by atoms with Crippen molar-refractivity contribution in [3.8, 4) is 0 Å². The van der Waals surface area contributed by atoms with E-state index in [9.17, 15) is 0 Å². The lowest BCUT2D eigenvalue weighted by atomic mass is 11.6. The minimum atomic E-state index is -1.21. The van der Waals surface area contributed by atoms with E-state index in [1.165, 1.54) is 0 Å². The van der Waals surface area contributed by atoms with E-state index in [2.05, 4.69) is 10.1 Å². The Morgan fingerprint density at radius 1 is 1.83 bits per heavy atom. The molecule has 3 nitrogen and oxygen atoms in total. The fourth-order valence-corrected chi connectivity index (χ4v) is 0.396. The maximum absolute atomic E-state index is 8.33. The number of hydrogen-bond acceptors (Lipinski definition) is 3. The van der Waals surface area contributed by atoms with Crippen LogP contribution in [0.2, 0.25) is 0 Å². The zero-order valence-electron chi connectivity index (χ0n) is 3.80. The predicted octanol–water partition coefficient (Wildman–Crippen LogP) is 0.0714. The predicted molar refractivity (Wildman–Crippen MR) is 25.2 cm³/mol. The van der Waals surface area contributed by atoms with Crippen LogP contribution in [-0.2, 0) is 4.62 Å². The van der Waals surface area contributed by atoms with Gasteiger partial charge in [-0.2, -0.15) is 5.48 Å². The number of nitrogens with one attached hydrogen (secondary N) is 1. The second-order valence-corrected chi connectivity index (χ2v) is 1.87. The quantitative estimate of drug-likeness (QED) is 0.389. The number of rotatable bonds is 2. The van der Waals surface area contributed by atoms with E-state index in [0.717, 1.165) is 0 Å². The molecule has 0 aromatic carbocycles. The first kappa shape index (κ1) is 6.31. The fourth-order valence-electron chi connectivity index (χ4n) is 0.132. The summed E-state index contributed by atoms with van der Waals surface area (Å²) in [5.41, 5.74) is 2.35. The first-order valence-electron chi connectivity index (χ1n) is 1.53. The molecule has 0 heterocycles. The molecule has 0 radical (unpaired) electrons. The van der Waals surface area contributed by atoms with Crippen molar-refractivity contribution in [2.24, 2.45) is 0 Å². The molecule has 1 unspecified atom stereocenters. The Hall–Kier alpha value is 0.310. The van der Waals surface area contributed by atoms with Gasteiger partial charge < -0.3 is 4.89 Å². The van der Waals surface area contributed by atoms with Crippen molar-refractivity contribution in [3.05, 3.63) is 0 Å². The van der Waals surface area contributed by atoms with Crippen molar-refractivity contribution in [1.82, 2.24) is 5.48 Å². The Bertz CT molecular complexity index is 32.7. The molecule has 0 aliphatic carbocycles. The van der Waals surface area contributed by atoms with E-state index < -0.39 is 8.38 Å². The van der Waals surface area contributed by atoms with Gasteiger partial charge in [-0.05, 0) is 0 Å². The monoisotopic (exact) mass is 109 g/mol. The lowest BCUT2D eigenvalue weighted by molar-refractivity contribution is 0.226. The van der Waals surface area contributed by atoms with Gasteiger partial charge in [0.15, 0.2) is 8.38 Å². The van der Waals surface area contributed by atoms with Crippen LogP contribution in [-0.4, -0.2) is 18.6 Å². The van der Waals surface area contributed by atoms with Crippen molar-refractivity contribution in [2.45, 2.75) is 0 Å². The van der Waals surface area contributed by atoms with Crippen LogP contribution >= 0.6 is 8.38 Å². The van der Waals surface area contributed by atoms with Crippen LogP contribution in [0.5, 0.6) is 0 Å². The summed E-state index contributed by atoms with van der Waals surface area (Å²) < 4.78 is 4.41. The average molecular weight is 109 g/mol. The van der Waals surface area contributed by atoms with Crippen molar-refractivity contribution in [1.29, 1.82) is 0 Å². The average Bonchev–Trinajstić information content (AvgIpc) is 1.35. The molecule has 0 saturated carbocycles. The van der Waals surface area contributed by atoms with Crippen LogP contribution in [0.15, 0.2) is 0 Å². The molecular formula is C2H8NO2P. The minimum Gasteiger partial charge on any atom is -0.349 e.